The molecule has 20 heavy (non-hydrogen) atoms. The third-order valence-corrected chi connectivity index (χ3v) is 5.51. The van der Waals surface area contributed by atoms with Crippen LogP contribution < -0.4 is 4.74 Å². The first-order valence-corrected chi connectivity index (χ1v) is 9.97. The van der Waals surface area contributed by atoms with Gasteiger partial charge in [-0.2, -0.15) is 0 Å². The van der Waals surface area contributed by atoms with E-state index in [4.69, 9.17) is 15.4 Å². The number of halogens is 2. The molecule has 1 saturated carbocycles. The minimum Gasteiger partial charge on any atom is -0.493 e. The van der Waals surface area contributed by atoms with Crippen LogP contribution in [0.5, 0.6) is 5.75 Å². The lowest BCUT2D eigenvalue weighted by atomic mass is 9.76. The highest BCUT2D eigenvalue weighted by atomic mass is 79.9. The molecule has 0 radical (unpaired) electrons. The molecule has 0 aromatic heterocycles. The van der Waals surface area contributed by atoms with Crippen LogP contribution in [0, 0.1) is 5.41 Å². The Labute approximate surface area is 133 Å². The van der Waals surface area contributed by atoms with Crippen LogP contribution in [0.3, 0.4) is 0 Å². The standard InChI is InChI=1S/C14H18BrClO3S/c15-12-5-4-6-13(9-12)19-10-14(11-20(16,17)18)7-2-1-3-8-14/h4-6,9H,1-3,7-8,10-11H2. The van der Waals surface area contributed by atoms with Crippen molar-refractivity contribution in [3.05, 3.63) is 28.7 Å². The summed E-state index contributed by atoms with van der Waals surface area (Å²) in [6.45, 7) is 0.398. The molecule has 0 amide bonds. The van der Waals surface area contributed by atoms with Gasteiger partial charge in [0.15, 0.2) is 0 Å². The molecule has 0 atom stereocenters. The van der Waals surface area contributed by atoms with Crippen LogP contribution in [0.25, 0.3) is 0 Å². The monoisotopic (exact) mass is 380 g/mol. The molecule has 0 saturated heterocycles. The lowest BCUT2D eigenvalue weighted by molar-refractivity contribution is 0.119. The highest BCUT2D eigenvalue weighted by molar-refractivity contribution is 9.10. The lowest BCUT2D eigenvalue weighted by Gasteiger charge is -2.35. The van der Waals surface area contributed by atoms with Crippen molar-refractivity contribution in [3.63, 3.8) is 0 Å². The molecule has 0 aliphatic heterocycles. The normalized spacial score (nSPS) is 18.7. The van der Waals surface area contributed by atoms with Gasteiger partial charge in [-0.25, -0.2) is 8.42 Å². The third kappa shape index (κ3) is 4.93. The van der Waals surface area contributed by atoms with Crippen molar-refractivity contribution in [1.82, 2.24) is 0 Å². The lowest BCUT2D eigenvalue weighted by Crippen LogP contribution is -2.36. The average Bonchev–Trinajstić information content (AvgIpc) is 2.36. The van der Waals surface area contributed by atoms with E-state index >= 15 is 0 Å². The van der Waals surface area contributed by atoms with Crippen LogP contribution in [-0.2, 0) is 9.05 Å². The predicted molar refractivity (Wildman–Crippen MR) is 84.8 cm³/mol. The van der Waals surface area contributed by atoms with Gasteiger partial charge in [0.25, 0.3) is 0 Å². The minimum atomic E-state index is -3.51. The van der Waals surface area contributed by atoms with Gasteiger partial charge in [0, 0.05) is 20.6 Å². The fourth-order valence-corrected chi connectivity index (χ4v) is 4.97. The SMILES string of the molecule is O=S(=O)(Cl)CC1(COc2cccc(Br)c2)CCCCC1. The highest BCUT2D eigenvalue weighted by Gasteiger charge is 2.37. The van der Waals surface area contributed by atoms with E-state index in [1.165, 1.54) is 0 Å². The second-order valence-corrected chi connectivity index (χ2v) is 9.18. The molecular weight excluding hydrogens is 364 g/mol. The molecule has 112 valence electrons. The van der Waals surface area contributed by atoms with E-state index in [9.17, 15) is 8.42 Å². The molecule has 1 fully saturated rings. The van der Waals surface area contributed by atoms with Gasteiger partial charge in [0.05, 0.1) is 12.4 Å². The van der Waals surface area contributed by atoms with Gasteiger partial charge in [-0.1, -0.05) is 41.3 Å². The molecule has 1 aliphatic carbocycles. The summed E-state index contributed by atoms with van der Waals surface area (Å²) in [6, 6.07) is 7.57. The summed E-state index contributed by atoms with van der Waals surface area (Å²) in [6.07, 6.45) is 4.93. The van der Waals surface area contributed by atoms with E-state index in [1.54, 1.807) is 0 Å². The van der Waals surface area contributed by atoms with Crippen molar-refractivity contribution in [2.75, 3.05) is 12.4 Å². The summed E-state index contributed by atoms with van der Waals surface area (Å²) in [5.74, 6) is 0.742. The Balaban J connectivity index is 2.08. The minimum absolute atomic E-state index is 0.00441. The smallest absolute Gasteiger partial charge is 0.233 e. The molecule has 1 aliphatic rings. The number of hydrogen-bond donors (Lipinski definition) is 0. The Bertz CT molecular complexity index is 553. The topological polar surface area (TPSA) is 43.4 Å². The maximum atomic E-state index is 11.5. The molecule has 2 rings (SSSR count). The first-order chi connectivity index (χ1) is 9.39. The van der Waals surface area contributed by atoms with Crippen LogP contribution >= 0.6 is 26.6 Å². The van der Waals surface area contributed by atoms with Gasteiger partial charge < -0.3 is 4.74 Å². The summed E-state index contributed by atoms with van der Waals surface area (Å²) < 4.78 is 29.7. The first-order valence-electron chi connectivity index (χ1n) is 6.69. The van der Waals surface area contributed by atoms with Crippen molar-refractivity contribution in [3.8, 4) is 5.75 Å². The Morgan fingerprint density at radius 3 is 2.55 bits per heavy atom. The van der Waals surface area contributed by atoms with Crippen molar-refractivity contribution in [2.45, 2.75) is 32.1 Å². The van der Waals surface area contributed by atoms with Crippen LogP contribution in [-0.4, -0.2) is 20.8 Å². The number of ether oxygens (including phenoxy) is 1. The zero-order valence-corrected chi connectivity index (χ0v) is 14.3. The highest BCUT2D eigenvalue weighted by Crippen LogP contribution is 2.39. The quantitative estimate of drug-likeness (QED) is 0.712. The van der Waals surface area contributed by atoms with Crippen LogP contribution in [0.1, 0.15) is 32.1 Å². The third-order valence-electron chi connectivity index (χ3n) is 3.73. The van der Waals surface area contributed by atoms with E-state index in [-0.39, 0.29) is 11.2 Å². The second kappa shape index (κ2) is 6.67. The van der Waals surface area contributed by atoms with Gasteiger partial charge in [-0.3, -0.25) is 0 Å². The van der Waals surface area contributed by atoms with E-state index < -0.39 is 9.05 Å². The van der Waals surface area contributed by atoms with Gasteiger partial charge >= 0.3 is 0 Å². The van der Waals surface area contributed by atoms with Crippen LogP contribution in [0.4, 0.5) is 0 Å². The molecule has 3 nitrogen and oxygen atoms in total. The second-order valence-electron chi connectivity index (χ2n) is 5.49. The maximum Gasteiger partial charge on any atom is 0.233 e. The van der Waals surface area contributed by atoms with Crippen LogP contribution in [0.15, 0.2) is 28.7 Å². The van der Waals surface area contributed by atoms with E-state index in [0.717, 1.165) is 42.3 Å². The Kier molecular flexibility index (Phi) is 5.37. The molecule has 0 unspecified atom stereocenters. The summed E-state index contributed by atoms with van der Waals surface area (Å²) in [5, 5.41) is 0. The molecule has 0 bridgehead atoms. The molecule has 6 heteroatoms. The molecule has 0 spiro atoms. The van der Waals surface area contributed by atoms with Gasteiger partial charge in [-0.05, 0) is 31.0 Å². The first kappa shape index (κ1) is 16.1. The summed E-state index contributed by atoms with van der Waals surface area (Å²) >= 11 is 3.39. The van der Waals surface area contributed by atoms with E-state index in [2.05, 4.69) is 15.9 Å². The molecular formula is C14H18BrClO3S. The molecule has 0 N–H and O–H groups in total. The van der Waals surface area contributed by atoms with Crippen molar-refractivity contribution >= 4 is 35.7 Å². The Hall–Kier alpha value is -0.260. The van der Waals surface area contributed by atoms with Gasteiger partial charge in [0.1, 0.15) is 5.75 Å². The fraction of sp³-hybridized carbons (Fsp3) is 0.571. The number of rotatable bonds is 5. The van der Waals surface area contributed by atoms with E-state index in [0.29, 0.717) is 6.61 Å². The zero-order chi connectivity index (χ0) is 14.6. The van der Waals surface area contributed by atoms with Crippen molar-refractivity contribution < 1.29 is 13.2 Å². The average molecular weight is 382 g/mol. The van der Waals surface area contributed by atoms with Gasteiger partial charge in [-0.15, -0.1) is 0 Å². The maximum absolute atomic E-state index is 11.5. The molecule has 1 aromatic carbocycles. The van der Waals surface area contributed by atoms with E-state index in [1.807, 2.05) is 24.3 Å². The van der Waals surface area contributed by atoms with Gasteiger partial charge in [0.2, 0.25) is 9.05 Å². The fourth-order valence-electron chi connectivity index (χ4n) is 2.79. The molecule has 1 aromatic rings. The summed E-state index contributed by atoms with van der Waals surface area (Å²) in [4.78, 5) is 0. The largest absolute Gasteiger partial charge is 0.493 e. The molecule has 0 heterocycles. The predicted octanol–water partition coefficient (Wildman–Crippen LogP) is 4.35. The number of hydrogen-bond acceptors (Lipinski definition) is 3. The number of benzene rings is 1. The van der Waals surface area contributed by atoms with Crippen LogP contribution in [0.2, 0.25) is 0 Å². The Morgan fingerprint density at radius 1 is 1.25 bits per heavy atom. The summed E-state index contributed by atoms with van der Waals surface area (Å²) in [5.41, 5.74) is -0.346. The summed E-state index contributed by atoms with van der Waals surface area (Å²) in [7, 11) is 1.96. The van der Waals surface area contributed by atoms with Crippen molar-refractivity contribution in [2.24, 2.45) is 5.41 Å². The Morgan fingerprint density at radius 2 is 1.95 bits per heavy atom. The van der Waals surface area contributed by atoms with Crippen molar-refractivity contribution in [1.29, 1.82) is 0 Å². The zero-order valence-electron chi connectivity index (χ0n) is 11.1.